The van der Waals surface area contributed by atoms with Crippen LogP contribution in [-0.2, 0) is 27.8 Å². The van der Waals surface area contributed by atoms with Gasteiger partial charge in [0.05, 0.1) is 4.90 Å². The van der Waals surface area contributed by atoms with Crippen molar-refractivity contribution in [1.29, 1.82) is 0 Å². The highest BCUT2D eigenvalue weighted by Crippen LogP contribution is 2.21. The topological polar surface area (TPSA) is 91.3 Å². The summed E-state index contributed by atoms with van der Waals surface area (Å²) >= 11 is 8.53. The molecule has 0 bridgehead atoms. The molecule has 0 atom stereocenters. The fourth-order valence-corrected chi connectivity index (χ4v) is 5.35. The van der Waals surface area contributed by atoms with E-state index in [-0.39, 0.29) is 30.4 Å². The first-order valence-electron chi connectivity index (χ1n) is 9.00. The Bertz CT molecular complexity index is 1010. The molecular weight excluding hydrogens is 466 g/mol. The number of rotatable bonds is 6. The van der Waals surface area contributed by atoms with Crippen molar-refractivity contribution in [3.8, 4) is 0 Å². The van der Waals surface area contributed by atoms with Gasteiger partial charge < -0.3 is 4.90 Å². The van der Waals surface area contributed by atoms with Crippen molar-refractivity contribution < 1.29 is 13.2 Å². The van der Waals surface area contributed by atoms with Gasteiger partial charge in [0, 0.05) is 37.1 Å². The van der Waals surface area contributed by atoms with Crippen LogP contribution in [0.3, 0.4) is 0 Å². The number of H-pyrrole nitrogens is 1. The zero-order valence-corrected chi connectivity index (χ0v) is 18.7. The fraction of sp³-hybridized carbons (Fsp3) is 0.471. The number of nitrogens with zero attached hydrogens (tertiary/aromatic N) is 4. The highest BCUT2D eigenvalue weighted by molar-refractivity contribution is 9.10. The summed E-state index contributed by atoms with van der Waals surface area (Å²) in [5.41, 5.74) is 0. The molecule has 8 nitrogen and oxygen atoms in total. The minimum absolute atomic E-state index is 0.0886. The van der Waals surface area contributed by atoms with E-state index in [2.05, 4.69) is 26.1 Å². The number of aryl methyl sites for hydroxylation is 1. The minimum atomic E-state index is -3.58. The summed E-state index contributed by atoms with van der Waals surface area (Å²) in [6, 6.07) is 6.64. The van der Waals surface area contributed by atoms with Gasteiger partial charge in [0.2, 0.25) is 15.9 Å². The predicted octanol–water partition coefficient (Wildman–Crippen LogP) is 2.19. The van der Waals surface area contributed by atoms with Crippen LogP contribution < -0.4 is 0 Å². The molecule has 2 aromatic rings. The van der Waals surface area contributed by atoms with Crippen molar-refractivity contribution in [3.63, 3.8) is 0 Å². The SMILES string of the molecule is CCCc1n[nH]c(=S)n1CC(=O)N1CCN(S(=O)(=O)c2cccc(Br)c2)CC1. The molecular formula is C17H22BrN5O3S2. The molecule has 0 spiro atoms. The number of aromatic amines is 1. The van der Waals surface area contributed by atoms with Crippen LogP contribution in [0.1, 0.15) is 19.2 Å². The summed E-state index contributed by atoms with van der Waals surface area (Å²) in [5.74, 6) is 0.672. The van der Waals surface area contributed by atoms with E-state index in [0.29, 0.717) is 22.3 Å². The molecule has 1 aromatic heterocycles. The smallest absolute Gasteiger partial charge is 0.243 e. The Kier molecular flexibility index (Phi) is 6.69. The van der Waals surface area contributed by atoms with Crippen LogP contribution in [0.4, 0.5) is 0 Å². The van der Waals surface area contributed by atoms with Gasteiger partial charge in [-0.3, -0.25) is 14.5 Å². The number of sulfonamides is 1. The summed E-state index contributed by atoms with van der Waals surface area (Å²) in [4.78, 5) is 14.6. The molecule has 0 unspecified atom stereocenters. The maximum Gasteiger partial charge on any atom is 0.243 e. The van der Waals surface area contributed by atoms with Crippen molar-refractivity contribution in [2.45, 2.75) is 31.2 Å². The van der Waals surface area contributed by atoms with Crippen LogP contribution in [0.5, 0.6) is 0 Å². The Labute approximate surface area is 177 Å². The average molecular weight is 488 g/mol. The van der Waals surface area contributed by atoms with E-state index in [1.54, 1.807) is 33.7 Å². The Hall–Kier alpha value is -1.56. The van der Waals surface area contributed by atoms with Crippen molar-refractivity contribution in [1.82, 2.24) is 24.0 Å². The molecule has 28 heavy (non-hydrogen) atoms. The Morgan fingerprint density at radius 1 is 1.29 bits per heavy atom. The number of carbonyl (C=O) groups is 1. The van der Waals surface area contributed by atoms with E-state index in [0.717, 1.165) is 18.7 Å². The lowest BCUT2D eigenvalue weighted by Gasteiger charge is -2.34. The number of benzene rings is 1. The molecule has 3 rings (SSSR count). The van der Waals surface area contributed by atoms with Gasteiger partial charge in [-0.1, -0.05) is 28.9 Å². The molecule has 1 aromatic carbocycles. The molecule has 0 radical (unpaired) electrons. The third-order valence-electron chi connectivity index (χ3n) is 4.63. The van der Waals surface area contributed by atoms with Gasteiger partial charge in [-0.2, -0.15) is 9.40 Å². The highest BCUT2D eigenvalue weighted by Gasteiger charge is 2.30. The van der Waals surface area contributed by atoms with E-state index in [1.807, 2.05) is 6.92 Å². The van der Waals surface area contributed by atoms with E-state index in [9.17, 15) is 13.2 Å². The molecule has 1 aliphatic heterocycles. The standard InChI is InChI=1S/C17H22BrN5O3S2/c1-2-4-15-19-20-17(27)23(15)12-16(24)21-7-9-22(10-8-21)28(25,26)14-6-3-5-13(18)11-14/h3,5-6,11H,2,4,7-10,12H2,1H3,(H,20,27). The second-order valence-corrected chi connectivity index (χ2v) is 9.76. The molecule has 0 aliphatic carbocycles. The van der Waals surface area contributed by atoms with Crippen LogP contribution in [0.15, 0.2) is 33.6 Å². The largest absolute Gasteiger partial charge is 0.338 e. The van der Waals surface area contributed by atoms with Gasteiger partial charge in [0.25, 0.3) is 0 Å². The fourth-order valence-electron chi connectivity index (χ4n) is 3.12. The first-order valence-corrected chi connectivity index (χ1v) is 11.6. The molecule has 1 saturated heterocycles. The number of carbonyl (C=O) groups excluding carboxylic acids is 1. The lowest BCUT2D eigenvalue weighted by Crippen LogP contribution is -2.51. The molecule has 0 saturated carbocycles. The second kappa shape index (κ2) is 8.85. The maximum atomic E-state index is 12.8. The normalized spacial score (nSPS) is 15.7. The monoisotopic (exact) mass is 487 g/mol. The Morgan fingerprint density at radius 3 is 2.64 bits per heavy atom. The summed E-state index contributed by atoms with van der Waals surface area (Å²) in [7, 11) is -3.58. The number of nitrogens with one attached hydrogen (secondary N) is 1. The van der Waals surface area contributed by atoms with Gasteiger partial charge >= 0.3 is 0 Å². The van der Waals surface area contributed by atoms with Gasteiger partial charge in [-0.15, -0.1) is 0 Å². The molecule has 152 valence electrons. The van der Waals surface area contributed by atoms with Crippen LogP contribution in [0.25, 0.3) is 0 Å². The molecule has 1 N–H and O–H groups in total. The number of hydrogen-bond donors (Lipinski definition) is 1. The number of amides is 1. The lowest BCUT2D eigenvalue weighted by atomic mass is 10.3. The van der Waals surface area contributed by atoms with Crippen LogP contribution in [0.2, 0.25) is 0 Å². The Morgan fingerprint density at radius 2 is 2.00 bits per heavy atom. The molecule has 1 fully saturated rings. The summed E-state index contributed by atoms with van der Waals surface area (Å²) in [6.07, 6.45) is 1.64. The zero-order valence-electron chi connectivity index (χ0n) is 15.5. The summed E-state index contributed by atoms with van der Waals surface area (Å²) in [5, 5.41) is 6.91. The number of aromatic nitrogens is 3. The molecule has 2 heterocycles. The van der Waals surface area contributed by atoms with Gasteiger partial charge in [0.15, 0.2) is 4.77 Å². The second-order valence-electron chi connectivity index (χ2n) is 6.52. The van der Waals surface area contributed by atoms with E-state index in [1.165, 1.54) is 4.31 Å². The quantitative estimate of drug-likeness (QED) is 0.630. The Balaban J connectivity index is 1.65. The van der Waals surface area contributed by atoms with Crippen molar-refractivity contribution in [2.75, 3.05) is 26.2 Å². The number of piperazine rings is 1. The van der Waals surface area contributed by atoms with E-state index in [4.69, 9.17) is 12.2 Å². The van der Waals surface area contributed by atoms with Crippen molar-refractivity contribution in [3.05, 3.63) is 39.3 Å². The average Bonchev–Trinajstić information content (AvgIpc) is 3.02. The number of hydrogen-bond acceptors (Lipinski definition) is 5. The van der Waals surface area contributed by atoms with Crippen molar-refractivity contribution >= 4 is 44.1 Å². The molecule has 1 amide bonds. The molecule has 11 heteroatoms. The third-order valence-corrected chi connectivity index (χ3v) is 7.33. The predicted molar refractivity (Wildman–Crippen MR) is 111 cm³/mol. The lowest BCUT2D eigenvalue weighted by molar-refractivity contribution is -0.133. The van der Waals surface area contributed by atoms with Gasteiger partial charge in [-0.25, -0.2) is 8.42 Å². The first kappa shape index (κ1) is 21.2. The summed E-state index contributed by atoms with van der Waals surface area (Å²) < 4.78 is 29.9. The highest BCUT2D eigenvalue weighted by atomic mass is 79.9. The van der Waals surface area contributed by atoms with Gasteiger partial charge in [0.1, 0.15) is 12.4 Å². The van der Waals surface area contributed by atoms with Gasteiger partial charge in [-0.05, 0) is 36.8 Å². The van der Waals surface area contributed by atoms with Crippen LogP contribution in [0, 0.1) is 4.77 Å². The minimum Gasteiger partial charge on any atom is -0.338 e. The maximum absolute atomic E-state index is 12.8. The third kappa shape index (κ3) is 4.53. The zero-order chi connectivity index (χ0) is 20.3. The number of halogens is 1. The van der Waals surface area contributed by atoms with Crippen LogP contribution in [-0.4, -0.2) is 64.5 Å². The van der Waals surface area contributed by atoms with Crippen molar-refractivity contribution in [2.24, 2.45) is 0 Å². The molecule has 1 aliphatic rings. The van der Waals surface area contributed by atoms with E-state index >= 15 is 0 Å². The van der Waals surface area contributed by atoms with E-state index < -0.39 is 10.0 Å². The first-order chi connectivity index (χ1) is 13.3. The summed E-state index contributed by atoms with van der Waals surface area (Å²) in [6.45, 7) is 3.37. The van der Waals surface area contributed by atoms with Crippen LogP contribution >= 0.6 is 28.1 Å².